The number of hydrogen-bond acceptors (Lipinski definition) is 7. The molecule has 34 heavy (non-hydrogen) atoms. The summed E-state index contributed by atoms with van der Waals surface area (Å²) in [6.45, 7) is 1.64. The first kappa shape index (κ1) is 22.9. The van der Waals surface area contributed by atoms with Gasteiger partial charge in [-0.1, -0.05) is 0 Å². The lowest BCUT2D eigenvalue weighted by Gasteiger charge is -2.11. The minimum Gasteiger partial charge on any atom is -0.497 e. The van der Waals surface area contributed by atoms with E-state index in [4.69, 9.17) is 23.7 Å². The van der Waals surface area contributed by atoms with Crippen molar-refractivity contribution in [2.75, 3.05) is 27.9 Å². The number of rotatable bonds is 8. The second kappa shape index (κ2) is 9.70. The van der Waals surface area contributed by atoms with Crippen LogP contribution in [0.1, 0.15) is 31.8 Å². The summed E-state index contributed by atoms with van der Waals surface area (Å²) < 4.78 is 27.4. The lowest BCUT2D eigenvalue weighted by molar-refractivity contribution is 0.0920. The fourth-order valence-corrected chi connectivity index (χ4v) is 3.61. The van der Waals surface area contributed by atoms with Crippen LogP contribution in [0.4, 0.5) is 0 Å². The highest BCUT2D eigenvalue weighted by Crippen LogP contribution is 2.40. The van der Waals surface area contributed by atoms with E-state index in [1.807, 2.05) is 0 Å². The lowest BCUT2D eigenvalue weighted by Crippen LogP contribution is -2.12. The molecule has 0 fully saturated rings. The Morgan fingerprint density at radius 1 is 0.882 bits per heavy atom. The molecule has 174 valence electrons. The van der Waals surface area contributed by atoms with Crippen molar-refractivity contribution in [2.24, 2.45) is 0 Å². The first-order valence-electron chi connectivity index (χ1n) is 10.5. The van der Waals surface area contributed by atoms with Gasteiger partial charge in [0.2, 0.25) is 5.78 Å². The van der Waals surface area contributed by atoms with Crippen molar-refractivity contribution >= 4 is 17.6 Å². The predicted molar refractivity (Wildman–Crippen MR) is 126 cm³/mol. The number of hydrogen-bond donors (Lipinski definition) is 0. The van der Waals surface area contributed by atoms with Gasteiger partial charge in [0.05, 0.1) is 26.9 Å². The monoisotopic (exact) mass is 460 g/mol. The van der Waals surface area contributed by atoms with E-state index in [1.54, 1.807) is 88.9 Å². The lowest BCUT2D eigenvalue weighted by atomic mass is 10.1. The standard InChI is InChI=1S/C27H24O7/c1-16-23(33-15-22(28)17-5-8-19(30-2)9-6-17)12-11-21-26(29)25(34-27(16)21)13-18-7-10-20(31-3)14-24(18)32-4/h5-14H,15H2,1-4H3/b25-13-. The molecule has 1 aliphatic heterocycles. The van der Waals surface area contributed by atoms with Crippen LogP contribution in [-0.4, -0.2) is 39.5 Å². The summed E-state index contributed by atoms with van der Waals surface area (Å²) in [7, 11) is 4.68. The molecule has 1 aliphatic rings. The van der Waals surface area contributed by atoms with Gasteiger partial charge in [0, 0.05) is 22.8 Å². The number of methoxy groups -OCH3 is 3. The number of fused-ring (bicyclic) bond motifs is 1. The van der Waals surface area contributed by atoms with E-state index < -0.39 is 0 Å². The van der Waals surface area contributed by atoms with Crippen LogP contribution in [0.3, 0.4) is 0 Å². The van der Waals surface area contributed by atoms with Crippen molar-refractivity contribution < 1.29 is 33.3 Å². The summed E-state index contributed by atoms with van der Waals surface area (Å²) in [6.07, 6.45) is 1.63. The fourth-order valence-electron chi connectivity index (χ4n) is 3.61. The molecule has 3 aromatic carbocycles. The van der Waals surface area contributed by atoms with Gasteiger partial charge < -0.3 is 23.7 Å². The fraction of sp³-hybridized carbons (Fsp3) is 0.185. The van der Waals surface area contributed by atoms with Crippen LogP contribution in [0.5, 0.6) is 28.7 Å². The van der Waals surface area contributed by atoms with Crippen LogP contribution in [0.15, 0.2) is 60.4 Å². The summed E-state index contributed by atoms with van der Waals surface area (Å²) in [4.78, 5) is 25.4. The third-order valence-corrected chi connectivity index (χ3v) is 5.53. The van der Waals surface area contributed by atoms with E-state index in [2.05, 4.69) is 0 Å². The van der Waals surface area contributed by atoms with Crippen molar-refractivity contribution in [2.45, 2.75) is 6.92 Å². The largest absolute Gasteiger partial charge is 0.497 e. The molecule has 7 heteroatoms. The molecule has 0 unspecified atom stereocenters. The molecule has 0 bridgehead atoms. The van der Waals surface area contributed by atoms with Crippen molar-refractivity contribution in [3.63, 3.8) is 0 Å². The third-order valence-electron chi connectivity index (χ3n) is 5.53. The molecular weight excluding hydrogens is 436 g/mol. The predicted octanol–water partition coefficient (Wildman–Crippen LogP) is 4.90. The van der Waals surface area contributed by atoms with Crippen molar-refractivity contribution in [1.82, 2.24) is 0 Å². The highest BCUT2D eigenvalue weighted by molar-refractivity contribution is 6.15. The number of allylic oxidation sites excluding steroid dienone is 1. The molecule has 0 radical (unpaired) electrons. The van der Waals surface area contributed by atoms with E-state index in [9.17, 15) is 9.59 Å². The van der Waals surface area contributed by atoms with Gasteiger partial charge in [0.25, 0.3) is 0 Å². The number of ether oxygens (including phenoxy) is 5. The normalized spacial score (nSPS) is 13.3. The van der Waals surface area contributed by atoms with Gasteiger partial charge in [-0.2, -0.15) is 0 Å². The Bertz CT molecular complexity index is 1270. The molecule has 0 saturated carbocycles. The maximum absolute atomic E-state index is 12.9. The highest BCUT2D eigenvalue weighted by atomic mass is 16.5. The molecule has 0 aliphatic carbocycles. The van der Waals surface area contributed by atoms with Crippen LogP contribution in [0, 0.1) is 6.92 Å². The molecule has 7 nitrogen and oxygen atoms in total. The van der Waals surface area contributed by atoms with Gasteiger partial charge in [-0.25, -0.2) is 0 Å². The smallest absolute Gasteiger partial charge is 0.231 e. The van der Waals surface area contributed by atoms with Crippen LogP contribution in [0.25, 0.3) is 6.08 Å². The Balaban J connectivity index is 1.52. The zero-order valence-corrected chi connectivity index (χ0v) is 19.3. The number of carbonyl (C=O) groups excluding carboxylic acids is 2. The average Bonchev–Trinajstić information content (AvgIpc) is 3.19. The molecule has 0 N–H and O–H groups in total. The van der Waals surface area contributed by atoms with Gasteiger partial charge >= 0.3 is 0 Å². The summed E-state index contributed by atoms with van der Waals surface area (Å²) in [5, 5.41) is 0. The first-order chi connectivity index (χ1) is 16.4. The average molecular weight is 460 g/mol. The SMILES string of the molecule is COc1ccc(C(=O)COc2ccc3c(c2C)O/C(=C\c2ccc(OC)cc2OC)C3=O)cc1. The number of ketones is 2. The second-order valence-electron chi connectivity index (χ2n) is 7.55. The molecule has 0 saturated heterocycles. The van der Waals surface area contributed by atoms with Gasteiger partial charge in [0.1, 0.15) is 28.7 Å². The molecule has 0 atom stereocenters. The van der Waals surface area contributed by atoms with Gasteiger partial charge in [-0.15, -0.1) is 0 Å². The molecule has 0 aromatic heterocycles. The minimum absolute atomic E-state index is 0.147. The Kier molecular flexibility index (Phi) is 6.54. The zero-order chi connectivity index (χ0) is 24.2. The van der Waals surface area contributed by atoms with Gasteiger partial charge in [-0.3, -0.25) is 9.59 Å². The summed E-state index contributed by atoms with van der Waals surface area (Å²) in [5.74, 6) is 2.51. The van der Waals surface area contributed by atoms with Gasteiger partial charge in [-0.05, 0) is 61.5 Å². The number of carbonyl (C=O) groups is 2. The quantitative estimate of drug-likeness (QED) is 0.349. The molecule has 1 heterocycles. The Morgan fingerprint density at radius 3 is 2.26 bits per heavy atom. The van der Waals surface area contributed by atoms with Crippen LogP contribution >= 0.6 is 0 Å². The molecule has 0 amide bonds. The Labute approximate surface area is 197 Å². The van der Waals surface area contributed by atoms with Crippen LogP contribution < -0.4 is 23.7 Å². The van der Waals surface area contributed by atoms with E-state index in [1.165, 1.54) is 0 Å². The summed E-state index contributed by atoms with van der Waals surface area (Å²) >= 11 is 0. The van der Waals surface area contributed by atoms with Crippen molar-refractivity contribution in [3.8, 4) is 28.7 Å². The Hall–Kier alpha value is -4.26. The molecule has 3 aromatic rings. The maximum atomic E-state index is 12.9. The third kappa shape index (κ3) is 4.45. The van der Waals surface area contributed by atoms with Crippen molar-refractivity contribution in [3.05, 3.63) is 82.6 Å². The van der Waals surface area contributed by atoms with Crippen LogP contribution in [-0.2, 0) is 0 Å². The zero-order valence-electron chi connectivity index (χ0n) is 19.3. The summed E-state index contributed by atoms with van der Waals surface area (Å²) in [6, 6.07) is 15.4. The minimum atomic E-state index is -0.239. The molecular formula is C27H24O7. The topological polar surface area (TPSA) is 80.3 Å². The van der Waals surface area contributed by atoms with E-state index in [0.29, 0.717) is 51.0 Å². The molecule has 4 rings (SSSR count). The highest BCUT2D eigenvalue weighted by Gasteiger charge is 2.30. The van der Waals surface area contributed by atoms with Gasteiger partial charge in [0.15, 0.2) is 18.1 Å². The maximum Gasteiger partial charge on any atom is 0.231 e. The van der Waals surface area contributed by atoms with Crippen molar-refractivity contribution in [1.29, 1.82) is 0 Å². The Morgan fingerprint density at radius 2 is 1.59 bits per heavy atom. The van der Waals surface area contributed by atoms with E-state index >= 15 is 0 Å². The number of benzene rings is 3. The second-order valence-corrected chi connectivity index (χ2v) is 7.55. The molecule has 0 spiro atoms. The van der Waals surface area contributed by atoms with E-state index in [-0.39, 0.29) is 23.9 Å². The summed E-state index contributed by atoms with van der Waals surface area (Å²) in [5.41, 5.74) is 2.27. The van der Waals surface area contributed by atoms with E-state index in [0.717, 1.165) is 0 Å². The van der Waals surface area contributed by atoms with Crippen LogP contribution in [0.2, 0.25) is 0 Å². The first-order valence-corrected chi connectivity index (χ1v) is 10.5. The number of Topliss-reactive ketones (excluding diaryl/α,β-unsaturated/α-hetero) is 2.